The quantitative estimate of drug-likeness (QED) is 0.804. The molecule has 1 aromatic rings. The Balaban J connectivity index is 0.000000673. The van der Waals surface area contributed by atoms with Crippen molar-refractivity contribution in [3.63, 3.8) is 0 Å². The molecule has 5 nitrogen and oxygen atoms in total. The van der Waals surface area contributed by atoms with Gasteiger partial charge in [0, 0.05) is 0 Å². The fourth-order valence-electron chi connectivity index (χ4n) is 0.932. The lowest BCUT2D eigenvalue weighted by molar-refractivity contribution is -0.122. The highest BCUT2D eigenvalue weighted by atomic mass is 35.5. The second kappa shape index (κ2) is 6.92. The van der Waals surface area contributed by atoms with Crippen molar-refractivity contribution in [1.82, 2.24) is 0 Å². The first-order valence-electron chi connectivity index (χ1n) is 3.82. The Morgan fingerprint density at radius 1 is 1.38 bits per heavy atom. The van der Waals surface area contributed by atoms with Gasteiger partial charge in [0.2, 0.25) is 0 Å². The van der Waals surface area contributed by atoms with Gasteiger partial charge in [-0.25, -0.2) is 4.79 Å². The monoisotopic (exact) mass is 266 g/mol. The normalized spacial score (nSPS) is 8.69. The summed E-state index contributed by atoms with van der Waals surface area (Å²) < 4.78 is 4.82. The number of halogens is 2. The summed E-state index contributed by atoms with van der Waals surface area (Å²) >= 11 is 11.4. The van der Waals surface area contributed by atoms with E-state index in [0.29, 0.717) is 0 Å². The number of aromatic carboxylic acids is 1. The van der Waals surface area contributed by atoms with Crippen LogP contribution < -0.4 is 4.74 Å². The fourth-order valence-corrected chi connectivity index (χ4v) is 1.40. The van der Waals surface area contributed by atoms with Crippen LogP contribution in [0.2, 0.25) is 10.0 Å². The Kier molecular flexibility index (Phi) is 6.29. The fraction of sp³-hybridized carbons (Fsp3) is 0.111. The van der Waals surface area contributed by atoms with Gasteiger partial charge in [0.15, 0.2) is 5.75 Å². The molecule has 0 saturated heterocycles. The second-order valence-electron chi connectivity index (χ2n) is 2.35. The van der Waals surface area contributed by atoms with Crippen LogP contribution in [-0.2, 0) is 4.79 Å². The van der Waals surface area contributed by atoms with Gasteiger partial charge in [-0.2, -0.15) is 0 Å². The number of benzene rings is 1. The van der Waals surface area contributed by atoms with E-state index in [0.717, 1.165) is 0 Å². The zero-order valence-corrected chi connectivity index (χ0v) is 9.62. The third-order valence-corrected chi connectivity index (χ3v) is 2.09. The van der Waals surface area contributed by atoms with E-state index in [9.17, 15) is 4.79 Å². The summed E-state index contributed by atoms with van der Waals surface area (Å²) in [6, 6.07) is 2.89. The zero-order valence-electron chi connectivity index (χ0n) is 8.11. The molecule has 0 bridgehead atoms. The predicted octanol–water partition coefficient (Wildman–Crippen LogP) is 2.40. The maximum Gasteiger partial charge on any atom is 0.341 e. The number of ether oxygens (including phenoxy) is 1. The standard InChI is InChI=1S/C8H6Cl2O3.CH2O2/c1-13-7-5(10)3-2-4(9)6(7)8(11)12;2-1-3/h2-3H,1H3,(H,11,12);1H,(H,2,3). The molecule has 0 aliphatic heterocycles. The molecule has 0 spiro atoms. The van der Waals surface area contributed by atoms with Crippen LogP contribution in [0.1, 0.15) is 10.4 Å². The van der Waals surface area contributed by atoms with E-state index in [2.05, 4.69) is 0 Å². The van der Waals surface area contributed by atoms with Crippen molar-refractivity contribution >= 4 is 35.6 Å². The Hall–Kier alpha value is -1.46. The number of carboxylic acid groups (broad SMARTS) is 2. The molecule has 1 aromatic carbocycles. The molecule has 2 N–H and O–H groups in total. The first kappa shape index (κ1) is 14.5. The minimum Gasteiger partial charge on any atom is -0.494 e. The molecule has 0 amide bonds. The third kappa shape index (κ3) is 3.60. The zero-order chi connectivity index (χ0) is 12.7. The van der Waals surface area contributed by atoms with E-state index >= 15 is 0 Å². The van der Waals surface area contributed by atoms with Gasteiger partial charge < -0.3 is 14.9 Å². The lowest BCUT2D eigenvalue weighted by atomic mass is 10.2. The van der Waals surface area contributed by atoms with Gasteiger partial charge in [0.25, 0.3) is 6.47 Å². The molecule has 0 radical (unpaired) electrons. The number of carboxylic acids is 1. The van der Waals surface area contributed by atoms with Crippen LogP contribution in [0.4, 0.5) is 0 Å². The minimum absolute atomic E-state index is 0.0849. The average molecular weight is 267 g/mol. The summed E-state index contributed by atoms with van der Waals surface area (Å²) in [5, 5.41) is 16.0. The van der Waals surface area contributed by atoms with Gasteiger partial charge in [-0.15, -0.1) is 0 Å². The molecule has 0 unspecified atom stereocenters. The summed E-state index contributed by atoms with van der Waals surface area (Å²) in [5.74, 6) is -1.08. The molecular formula is C9H8Cl2O5. The molecular weight excluding hydrogens is 259 g/mol. The number of carbonyl (C=O) groups is 2. The van der Waals surface area contributed by atoms with Crippen molar-refractivity contribution in [2.45, 2.75) is 0 Å². The molecule has 0 aliphatic rings. The molecule has 7 heteroatoms. The van der Waals surface area contributed by atoms with Gasteiger partial charge in [-0.1, -0.05) is 23.2 Å². The van der Waals surface area contributed by atoms with Gasteiger partial charge in [0.1, 0.15) is 5.56 Å². The number of methoxy groups -OCH3 is 1. The van der Waals surface area contributed by atoms with E-state index < -0.39 is 5.97 Å². The molecule has 0 heterocycles. The van der Waals surface area contributed by atoms with E-state index in [1.807, 2.05) is 0 Å². The maximum atomic E-state index is 10.7. The summed E-state index contributed by atoms with van der Waals surface area (Å²) in [7, 11) is 1.34. The van der Waals surface area contributed by atoms with Crippen LogP contribution in [-0.4, -0.2) is 29.8 Å². The van der Waals surface area contributed by atoms with Crippen LogP contribution >= 0.6 is 23.2 Å². The second-order valence-corrected chi connectivity index (χ2v) is 3.16. The molecule has 1 rings (SSSR count). The summed E-state index contributed by atoms with van der Waals surface area (Å²) in [6.07, 6.45) is 0. The van der Waals surface area contributed by atoms with E-state index in [-0.39, 0.29) is 27.8 Å². The molecule has 16 heavy (non-hydrogen) atoms. The van der Waals surface area contributed by atoms with Crippen molar-refractivity contribution < 1.29 is 24.5 Å². The topological polar surface area (TPSA) is 83.8 Å². The van der Waals surface area contributed by atoms with Gasteiger partial charge in [0.05, 0.1) is 17.2 Å². The van der Waals surface area contributed by atoms with Crippen LogP contribution in [0.25, 0.3) is 0 Å². The van der Waals surface area contributed by atoms with Gasteiger partial charge in [-0.05, 0) is 12.1 Å². The molecule has 0 saturated carbocycles. The maximum absolute atomic E-state index is 10.7. The van der Waals surface area contributed by atoms with Crippen molar-refractivity contribution in [2.75, 3.05) is 7.11 Å². The molecule has 0 fully saturated rings. The SMILES string of the molecule is COc1c(Cl)ccc(Cl)c1C(=O)O.O=CO. The van der Waals surface area contributed by atoms with Gasteiger partial charge >= 0.3 is 5.97 Å². The average Bonchev–Trinajstić information content (AvgIpc) is 2.21. The molecule has 0 aromatic heterocycles. The lowest BCUT2D eigenvalue weighted by Crippen LogP contribution is -2.01. The summed E-state index contributed by atoms with van der Waals surface area (Å²) in [4.78, 5) is 19.1. The first-order valence-corrected chi connectivity index (χ1v) is 4.58. The number of rotatable bonds is 2. The Bertz CT molecular complexity index is 392. The van der Waals surface area contributed by atoms with E-state index in [4.69, 9.17) is 42.9 Å². The highest BCUT2D eigenvalue weighted by Gasteiger charge is 2.17. The summed E-state index contributed by atoms with van der Waals surface area (Å²) in [6.45, 7) is -0.250. The van der Waals surface area contributed by atoms with Crippen LogP contribution in [0.5, 0.6) is 5.75 Å². The van der Waals surface area contributed by atoms with Crippen molar-refractivity contribution in [3.05, 3.63) is 27.7 Å². The molecule has 88 valence electrons. The molecule has 0 atom stereocenters. The largest absolute Gasteiger partial charge is 0.494 e. The number of hydrogen-bond acceptors (Lipinski definition) is 3. The Morgan fingerprint density at radius 2 is 1.81 bits per heavy atom. The van der Waals surface area contributed by atoms with Crippen LogP contribution in [0, 0.1) is 0 Å². The van der Waals surface area contributed by atoms with E-state index in [1.165, 1.54) is 19.2 Å². The highest BCUT2D eigenvalue weighted by Crippen LogP contribution is 2.33. The third-order valence-electron chi connectivity index (χ3n) is 1.48. The molecule has 0 aliphatic carbocycles. The predicted molar refractivity (Wildman–Crippen MR) is 58.7 cm³/mol. The Labute approximate surface area is 101 Å². The lowest BCUT2D eigenvalue weighted by Gasteiger charge is -2.07. The van der Waals surface area contributed by atoms with Crippen molar-refractivity contribution in [3.8, 4) is 5.75 Å². The van der Waals surface area contributed by atoms with Crippen LogP contribution in [0.15, 0.2) is 12.1 Å². The smallest absolute Gasteiger partial charge is 0.341 e. The van der Waals surface area contributed by atoms with Gasteiger partial charge in [-0.3, -0.25) is 4.79 Å². The van der Waals surface area contributed by atoms with Crippen molar-refractivity contribution in [2.24, 2.45) is 0 Å². The minimum atomic E-state index is -1.16. The van der Waals surface area contributed by atoms with E-state index in [1.54, 1.807) is 0 Å². The van der Waals surface area contributed by atoms with Crippen molar-refractivity contribution in [1.29, 1.82) is 0 Å². The number of hydrogen-bond donors (Lipinski definition) is 2. The first-order chi connectivity index (χ1) is 7.49. The van der Waals surface area contributed by atoms with Crippen LogP contribution in [0.3, 0.4) is 0 Å². The Morgan fingerprint density at radius 3 is 2.12 bits per heavy atom. The highest BCUT2D eigenvalue weighted by molar-refractivity contribution is 6.36. The summed E-state index contributed by atoms with van der Waals surface area (Å²) in [5.41, 5.74) is -0.114.